The van der Waals surface area contributed by atoms with E-state index in [-0.39, 0.29) is 5.69 Å². The summed E-state index contributed by atoms with van der Waals surface area (Å²) in [4.78, 5) is 32.5. The van der Waals surface area contributed by atoms with Crippen molar-refractivity contribution in [3.05, 3.63) is 40.1 Å². The molecule has 0 bridgehead atoms. The van der Waals surface area contributed by atoms with Crippen molar-refractivity contribution in [2.75, 3.05) is 5.32 Å². The lowest BCUT2D eigenvalue weighted by Crippen LogP contribution is -2.42. The van der Waals surface area contributed by atoms with Gasteiger partial charge in [0.25, 0.3) is 11.5 Å². The van der Waals surface area contributed by atoms with E-state index in [0.29, 0.717) is 0 Å². The fraction of sp³-hybridized carbons (Fsp3) is 0.231. The third-order valence-corrected chi connectivity index (χ3v) is 3.83. The van der Waals surface area contributed by atoms with Gasteiger partial charge in [0, 0.05) is 31.8 Å². The van der Waals surface area contributed by atoms with Crippen molar-refractivity contribution < 1.29 is 37.0 Å². The minimum absolute atomic E-state index is 0.0166. The van der Waals surface area contributed by atoms with Crippen LogP contribution in [0.4, 0.5) is 11.4 Å². The summed E-state index contributed by atoms with van der Waals surface area (Å²) < 4.78 is 40.9. The Balaban J connectivity index is 2.33. The standard InChI is InChI=1S/C13H12N2O9S/c1-13(2)23-11(16)8(12(17)24-13)6-14-7-3-4-10(25(20,21)22)9(5-7)15(18)19/h3-6,14H,1-2H3,(H,20,21,22). The Morgan fingerprint density at radius 3 is 2.28 bits per heavy atom. The number of rotatable bonds is 4. The zero-order chi connectivity index (χ0) is 19.0. The lowest BCUT2D eigenvalue weighted by Gasteiger charge is -2.29. The number of nitrogens with one attached hydrogen (secondary N) is 1. The summed E-state index contributed by atoms with van der Waals surface area (Å²) in [6.45, 7) is 2.73. The Hall–Kier alpha value is -2.99. The third kappa shape index (κ3) is 4.10. The molecule has 1 saturated heterocycles. The Morgan fingerprint density at radius 2 is 1.80 bits per heavy atom. The maximum Gasteiger partial charge on any atom is 0.350 e. The van der Waals surface area contributed by atoms with Crippen molar-refractivity contribution in [2.24, 2.45) is 0 Å². The molecule has 0 radical (unpaired) electrons. The van der Waals surface area contributed by atoms with Crippen LogP contribution < -0.4 is 5.32 Å². The second-order valence-corrected chi connectivity index (χ2v) is 6.69. The van der Waals surface area contributed by atoms with Crippen LogP contribution in [0.2, 0.25) is 0 Å². The fourth-order valence-corrected chi connectivity index (χ4v) is 2.54. The van der Waals surface area contributed by atoms with E-state index >= 15 is 0 Å². The van der Waals surface area contributed by atoms with Gasteiger partial charge in [-0.25, -0.2) is 9.59 Å². The van der Waals surface area contributed by atoms with Crippen molar-refractivity contribution >= 4 is 33.4 Å². The van der Waals surface area contributed by atoms with E-state index in [9.17, 15) is 28.1 Å². The maximum atomic E-state index is 11.8. The minimum atomic E-state index is -4.79. The van der Waals surface area contributed by atoms with E-state index in [1.807, 2.05) is 0 Å². The predicted molar refractivity (Wildman–Crippen MR) is 80.9 cm³/mol. The van der Waals surface area contributed by atoms with Gasteiger partial charge in [0.15, 0.2) is 10.5 Å². The number of carbonyl (C=O) groups excluding carboxylic acids is 2. The van der Waals surface area contributed by atoms with E-state index in [0.717, 1.165) is 24.4 Å². The second-order valence-electron chi connectivity index (χ2n) is 5.30. The van der Waals surface area contributed by atoms with Crippen LogP contribution in [0.15, 0.2) is 34.9 Å². The number of ether oxygens (including phenoxy) is 2. The van der Waals surface area contributed by atoms with Crippen LogP contribution in [0.5, 0.6) is 0 Å². The molecule has 1 aromatic carbocycles. The molecule has 2 rings (SSSR count). The van der Waals surface area contributed by atoms with Gasteiger partial charge in [0.1, 0.15) is 0 Å². The Morgan fingerprint density at radius 1 is 1.24 bits per heavy atom. The number of nitro groups is 1. The third-order valence-electron chi connectivity index (χ3n) is 2.93. The highest BCUT2D eigenvalue weighted by Crippen LogP contribution is 2.28. The molecule has 0 amide bonds. The first-order valence-electron chi connectivity index (χ1n) is 6.60. The van der Waals surface area contributed by atoms with Gasteiger partial charge in [0.2, 0.25) is 0 Å². The SMILES string of the molecule is CC1(C)OC(=O)C(=CNc2ccc(S(=O)(=O)O)c([N+](=O)[O-])c2)C(=O)O1. The Labute approximate surface area is 141 Å². The number of cyclic esters (lactones) is 2. The minimum Gasteiger partial charge on any atom is -0.419 e. The quantitative estimate of drug-likeness (QED) is 0.194. The van der Waals surface area contributed by atoms with Crippen LogP contribution in [0.1, 0.15) is 13.8 Å². The first-order valence-corrected chi connectivity index (χ1v) is 8.04. The molecule has 0 atom stereocenters. The highest BCUT2D eigenvalue weighted by Gasteiger charge is 2.39. The van der Waals surface area contributed by atoms with E-state index in [1.165, 1.54) is 13.8 Å². The van der Waals surface area contributed by atoms with Gasteiger partial charge in [-0.15, -0.1) is 0 Å². The first kappa shape index (κ1) is 18.4. The summed E-state index contributed by atoms with van der Waals surface area (Å²) in [7, 11) is -4.79. The molecule has 1 aliphatic heterocycles. The molecule has 0 saturated carbocycles. The number of carbonyl (C=O) groups is 2. The number of nitro benzene ring substituents is 1. The van der Waals surface area contributed by atoms with Crippen LogP contribution in [0.25, 0.3) is 0 Å². The average molecular weight is 372 g/mol. The van der Waals surface area contributed by atoms with E-state index in [2.05, 4.69) is 5.32 Å². The second kappa shape index (κ2) is 6.14. The molecule has 0 aromatic heterocycles. The van der Waals surface area contributed by atoms with Gasteiger partial charge >= 0.3 is 22.1 Å². The molecule has 134 valence electrons. The summed E-state index contributed by atoms with van der Waals surface area (Å²) >= 11 is 0. The molecule has 12 heteroatoms. The molecule has 25 heavy (non-hydrogen) atoms. The molecule has 2 N–H and O–H groups in total. The average Bonchev–Trinajstić information content (AvgIpc) is 2.43. The summed E-state index contributed by atoms with van der Waals surface area (Å²) in [5, 5.41) is 13.4. The van der Waals surface area contributed by atoms with Crippen molar-refractivity contribution in [3.63, 3.8) is 0 Å². The molecule has 1 aliphatic rings. The molecule has 0 spiro atoms. The highest BCUT2D eigenvalue weighted by molar-refractivity contribution is 7.86. The van der Waals surface area contributed by atoms with Gasteiger partial charge in [-0.2, -0.15) is 8.42 Å². The lowest BCUT2D eigenvalue weighted by molar-refractivity contribution is -0.387. The summed E-state index contributed by atoms with van der Waals surface area (Å²) in [5.74, 6) is -3.34. The van der Waals surface area contributed by atoms with Crippen molar-refractivity contribution in [1.82, 2.24) is 0 Å². The highest BCUT2D eigenvalue weighted by atomic mass is 32.2. The molecule has 1 aromatic rings. The first-order chi connectivity index (χ1) is 11.4. The monoisotopic (exact) mass is 372 g/mol. The number of benzene rings is 1. The van der Waals surface area contributed by atoms with Crippen LogP contribution in [-0.4, -0.2) is 35.6 Å². The van der Waals surface area contributed by atoms with E-state index in [4.69, 9.17) is 14.0 Å². The molecular formula is C13H12N2O9S. The smallest absolute Gasteiger partial charge is 0.350 e. The molecule has 0 aliphatic carbocycles. The Kier molecular flexibility index (Phi) is 4.51. The lowest BCUT2D eigenvalue weighted by atomic mass is 10.2. The van der Waals surface area contributed by atoms with E-state index in [1.54, 1.807) is 0 Å². The summed E-state index contributed by atoms with van der Waals surface area (Å²) in [6.07, 6.45) is 0.909. The molecule has 1 heterocycles. The number of hydrogen-bond donors (Lipinski definition) is 2. The largest absolute Gasteiger partial charge is 0.419 e. The number of anilines is 1. The van der Waals surface area contributed by atoms with E-state index < -0.39 is 48.9 Å². The summed E-state index contributed by atoms with van der Waals surface area (Å²) in [6, 6.07) is 2.70. The fourth-order valence-electron chi connectivity index (χ4n) is 1.90. The van der Waals surface area contributed by atoms with Gasteiger partial charge < -0.3 is 14.8 Å². The van der Waals surface area contributed by atoms with Gasteiger partial charge in [-0.1, -0.05) is 0 Å². The van der Waals surface area contributed by atoms with Crippen LogP contribution in [-0.2, 0) is 29.2 Å². The van der Waals surface area contributed by atoms with Crippen LogP contribution in [0, 0.1) is 10.1 Å². The number of nitrogens with zero attached hydrogens (tertiary/aromatic N) is 1. The predicted octanol–water partition coefficient (Wildman–Crippen LogP) is 0.973. The molecule has 1 fully saturated rings. The van der Waals surface area contributed by atoms with Gasteiger partial charge in [-0.3, -0.25) is 14.7 Å². The Bertz CT molecular complexity index is 880. The molecule has 11 nitrogen and oxygen atoms in total. The topological polar surface area (TPSA) is 162 Å². The number of hydrogen-bond acceptors (Lipinski definition) is 9. The van der Waals surface area contributed by atoms with Crippen LogP contribution >= 0.6 is 0 Å². The zero-order valence-electron chi connectivity index (χ0n) is 12.9. The van der Waals surface area contributed by atoms with Crippen molar-refractivity contribution in [3.8, 4) is 0 Å². The molecular weight excluding hydrogens is 360 g/mol. The molecule has 0 unspecified atom stereocenters. The maximum absolute atomic E-state index is 11.8. The van der Waals surface area contributed by atoms with Crippen molar-refractivity contribution in [1.29, 1.82) is 0 Å². The van der Waals surface area contributed by atoms with Crippen LogP contribution in [0.3, 0.4) is 0 Å². The van der Waals surface area contributed by atoms with Gasteiger partial charge in [0.05, 0.1) is 4.92 Å². The summed E-state index contributed by atoms with van der Waals surface area (Å²) in [5.41, 5.74) is -1.39. The zero-order valence-corrected chi connectivity index (χ0v) is 13.7. The normalized spacial score (nSPS) is 16.7. The van der Waals surface area contributed by atoms with Gasteiger partial charge in [-0.05, 0) is 12.1 Å². The van der Waals surface area contributed by atoms with Crippen molar-refractivity contribution in [2.45, 2.75) is 24.5 Å². The number of esters is 2.